The Morgan fingerprint density at radius 2 is 1.74 bits per heavy atom. The van der Waals surface area contributed by atoms with Crippen molar-refractivity contribution in [2.24, 2.45) is 4.99 Å². The molecule has 0 fully saturated rings. The SMILES string of the molecule is CN=C(NCc1ccc(Br)cc1)NCc1ccc(C)cc1OCCOC.I. The first-order chi connectivity index (χ1) is 12.6. The molecular formula is C20H27BrIN3O2. The average molecular weight is 548 g/mol. The van der Waals surface area contributed by atoms with Gasteiger partial charge in [0.25, 0.3) is 0 Å². The Balaban J connectivity index is 0.00000364. The number of methoxy groups -OCH3 is 1. The average Bonchev–Trinajstić information content (AvgIpc) is 2.65. The second-order valence-electron chi connectivity index (χ2n) is 5.86. The van der Waals surface area contributed by atoms with Crippen LogP contribution in [0, 0.1) is 6.92 Å². The number of hydrogen-bond acceptors (Lipinski definition) is 3. The molecule has 0 radical (unpaired) electrons. The van der Waals surface area contributed by atoms with Crippen molar-refractivity contribution in [1.29, 1.82) is 0 Å². The summed E-state index contributed by atoms with van der Waals surface area (Å²) in [5, 5.41) is 6.66. The van der Waals surface area contributed by atoms with E-state index in [-0.39, 0.29) is 24.0 Å². The molecule has 0 bridgehead atoms. The van der Waals surface area contributed by atoms with Gasteiger partial charge in [-0.15, -0.1) is 24.0 Å². The number of halogens is 2. The topological polar surface area (TPSA) is 54.9 Å². The maximum atomic E-state index is 5.84. The van der Waals surface area contributed by atoms with E-state index < -0.39 is 0 Å². The van der Waals surface area contributed by atoms with Gasteiger partial charge in [-0.2, -0.15) is 0 Å². The van der Waals surface area contributed by atoms with Gasteiger partial charge in [0.05, 0.1) is 6.61 Å². The molecule has 148 valence electrons. The van der Waals surface area contributed by atoms with Gasteiger partial charge in [-0.1, -0.05) is 40.2 Å². The van der Waals surface area contributed by atoms with E-state index in [1.165, 1.54) is 11.1 Å². The molecule has 27 heavy (non-hydrogen) atoms. The van der Waals surface area contributed by atoms with Crippen LogP contribution < -0.4 is 15.4 Å². The van der Waals surface area contributed by atoms with E-state index in [1.54, 1.807) is 14.2 Å². The fourth-order valence-corrected chi connectivity index (χ4v) is 2.63. The van der Waals surface area contributed by atoms with Crippen LogP contribution >= 0.6 is 39.9 Å². The first-order valence-corrected chi connectivity index (χ1v) is 9.32. The highest BCUT2D eigenvalue weighted by atomic mass is 127. The largest absolute Gasteiger partial charge is 0.491 e. The van der Waals surface area contributed by atoms with Crippen LogP contribution in [0.15, 0.2) is 51.9 Å². The van der Waals surface area contributed by atoms with Crippen LogP contribution in [0.1, 0.15) is 16.7 Å². The molecule has 2 N–H and O–H groups in total. The summed E-state index contributed by atoms with van der Waals surface area (Å²) < 4.78 is 12.0. The van der Waals surface area contributed by atoms with Crippen LogP contribution in [0.3, 0.4) is 0 Å². The molecule has 0 unspecified atom stereocenters. The van der Waals surface area contributed by atoms with Gasteiger partial charge in [-0.3, -0.25) is 4.99 Å². The van der Waals surface area contributed by atoms with Crippen LogP contribution in [0.4, 0.5) is 0 Å². The molecule has 2 aromatic carbocycles. The van der Waals surface area contributed by atoms with E-state index in [4.69, 9.17) is 9.47 Å². The van der Waals surface area contributed by atoms with Crippen molar-refractivity contribution in [2.45, 2.75) is 20.0 Å². The molecule has 0 amide bonds. The Morgan fingerprint density at radius 3 is 2.41 bits per heavy atom. The van der Waals surface area contributed by atoms with Gasteiger partial charge < -0.3 is 20.1 Å². The lowest BCUT2D eigenvalue weighted by molar-refractivity contribution is 0.145. The lowest BCUT2D eigenvalue weighted by Gasteiger charge is -2.15. The molecule has 0 aliphatic carbocycles. The lowest BCUT2D eigenvalue weighted by atomic mass is 10.1. The third kappa shape index (κ3) is 8.49. The molecule has 5 nitrogen and oxygen atoms in total. The van der Waals surface area contributed by atoms with Gasteiger partial charge in [0.15, 0.2) is 5.96 Å². The second-order valence-corrected chi connectivity index (χ2v) is 6.77. The van der Waals surface area contributed by atoms with E-state index in [9.17, 15) is 0 Å². The predicted octanol–water partition coefficient (Wildman–Crippen LogP) is 4.27. The van der Waals surface area contributed by atoms with Crippen LogP contribution in [0.5, 0.6) is 5.75 Å². The number of aryl methyl sites for hydroxylation is 1. The van der Waals surface area contributed by atoms with E-state index in [1.807, 2.05) is 18.2 Å². The number of hydrogen-bond donors (Lipinski definition) is 2. The maximum Gasteiger partial charge on any atom is 0.191 e. The zero-order chi connectivity index (χ0) is 18.8. The van der Waals surface area contributed by atoms with Crippen molar-refractivity contribution < 1.29 is 9.47 Å². The summed E-state index contributed by atoms with van der Waals surface area (Å²) in [5.74, 6) is 1.62. The summed E-state index contributed by atoms with van der Waals surface area (Å²) in [6.45, 7) is 4.49. The minimum Gasteiger partial charge on any atom is -0.491 e. The standard InChI is InChI=1S/C20H26BrN3O2.HI/c1-15-4-7-17(19(12-15)26-11-10-25-3)14-24-20(22-2)23-13-16-5-8-18(21)9-6-16;/h4-9,12H,10-11,13-14H2,1-3H3,(H2,22,23,24);1H. The summed E-state index contributed by atoms with van der Waals surface area (Å²) >= 11 is 3.45. The quantitative estimate of drug-likeness (QED) is 0.224. The summed E-state index contributed by atoms with van der Waals surface area (Å²) in [5.41, 5.74) is 3.44. The lowest BCUT2D eigenvalue weighted by Crippen LogP contribution is -2.36. The number of nitrogens with zero attached hydrogens (tertiary/aromatic N) is 1. The normalized spacial score (nSPS) is 10.9. The number of benzene rings is 2. The first-order valence-electron chi connectivity index (χ1n) is 8.52. The monoisotopic (exact) mass is 547 g/mol. The van der Waals surface area contributed by atoms with Crippen molar-refractivity contribution >= 4 is 45.9 Å². The highest BCUT2D eigenvalue weighted by Crippen LogP contribution is 2.20. The third-order valence-electron chi connectivity index (χ3n) is 3.81. The van der Waals surface area contributed by atoms with Crippen molar-refractivity contribution in [3.63, 3.8) is 0 Å². The van der Waals surface area contributed by atoms with Gasteiger partial charge in [-0.05, 0) is 36.2 Å². The summed E-state index contributed by atoms with van der Waals surface area (Å²) in [7, 11) is 3.44. The summed E-state index contributed by atoms with van der Waals surface area (Å²) in [6, 6.07) is 14.4. The van der Waals surface area contributed by atoms with Gasteiger partial charge in [-0.25, -0.2) is 0 Å². The molecule has 0 aliphatic rings. The minimum atomic E-state index is 0. The van der Waals surface area contributed by atoms with Crippen LogP contribution in [0.25, 0.3) is 0 Å². The molecule has 0 atom stereocenters. The zero-order valence-electron chi connectivity index (χ0n) is 15.9. The van der Waals surface area contributed by atoms with E-state index in [0.717, 1.165) is 21.7 Å². The molecule has 7 heteroatoms. The van der Waals surface area contributed by atoms with Crippen molar-refractivity contribution in [3.8, 4) is 5.75 Å². The van der Waals surface area contributed by atoms with E-state index >= 15 is 0 Å². The second kappa shape index (κ2) is 13.0. The smallest absolute Gasteiger partial charge is 0.191 e. The van der Waals surface area contributed by atoms with E-state index in [2.05, 4.69) is 62.7 Å². The number of guanidine groups is 1. The highest BCUT2D eigenvalue weighted by Gasteiger charge is 2.06. The van der Waals surface area contributed by atoms with Crippen molar-refractivity contribution in [2.75, 3.05) is 27.4 Å². The Kier molecular flexibility index (Phi) is 11.4. The molecule has 0 aliphatic heterocycles. The summed E-state index contributed by atoms with van der Waals surface area (Å²) in [6.07, 6.45) is 0. The Morgan fingerprint density at radius 1 is 1.04 bits per heavy atom. The van der Waals surface area contributed by atoms with Crippen LogP contribution in [0.2, 0.25) is 0 Å². The maximum absolute atomic E-state index is 5.84. The van der Waals surface area contributed by atoms with Gasteiger partial charge in [0.2, 0.25) is 0 Å². The predicted molar refractivity (Wildman–Crippen MR) is 125 cm³/mol. The molecular weight excluding hydrogens is 521 g/mol. The molecule has 0 aromatic heterocycles. The van der Waals surface area contributed by atoms with Gasteiger partial charge in [0.1, 0.15) is 12.4 Å². The minimum absolute atomic E-state index is 0. The fraction of sp³-hybridized carbons (Fsp3) is 0.350. The molecule has 2 aromatic rings. The Hall–Kier alpha value is -1.32. The number of aliphatic imine (C=N–C) groups is 1. The number of rotatable bonds is 8. The van der Waals surface area contributed by atoms with Crippen LogP contribution in [-0.4, -0.2) is 33.3 Å². The van der Waals surface area contributed by atoms with Gasteiger partial charge in [0, 0.05) is 37.3 Å². The number of ether oxygens (including phenoxy) is 2. The first kappa shape index (κ1) is 23.7. The molecule has 2 rings (SSSR count). The Bertz CT molecular complexity index is 724. The van der Waals surface area contributed by atoms with E-state index in [0.29, 0.717) is 26.3 Å². The summed E-state index contributed by atoms with van der Waals surface area (Å²) in [4.78, 5) is 4.28. The highest BCUT2D eigenvalue weighted by molar-refractivity contribution is 14.0. The molecule has 0 spiro atoms. The number of nitrogens with one attached hydrogen (secondary N) is 2. The van der Waals surface area contributed by atoms with Gasteiger partial charge >= 0.3 is 0 Å². The zero-order valence-corrected chi connectivity index (χ0v) is 19.8. The van der Waals surface area contributed by atoms with Crippen molar-refractivity contribution in [3.05, 3.63) is 63.6 Å². The Labute approximate surface area is 187 Å². The molecule has 0 heterocycles. The molecule has 0 saturated carbocycles. The third-order valence-corrected chi connectivity index (χ3v) is 4.34. The fourth-order valence-electron chi connectivity index (χ4n) is 2.36. The molecule has 0 saturated heterocycles. The van der Waals surface area contributed by atoms with Crippen molar-refractivity contribution in [1.82, 2.24) is 10.6 Å². The van der Waals surface area contributed by atoms with Crippen LogP contribution in [-0.2, 0) is 17.8 Å².